The third-order valence-electron chi connectivity index (χ3n) is 3.61. The van der Waals surface area contributed by atoms with Crippen LogP contribution in [0.25, 0.3) is 11.0 Å². The van der Waals surface area contributed by atoms with Crippen LogP contribution in [0.2, 0.25) is 30.7 Å². The molecule has 0 aliphatic rings. The SMILES string of the molecule is CCCOC(=O)c1cnc2c(ccn2COCC[Si](C)(C)C)c1Cl. The summed E-state index contributed by atoms with van der Waals surface area (Å²) in [6, 6.07) is 2.97. The summed E-state index contributed by atoms with van der Waals surface area (Å²) >= 11 is 6.36. The highest BCUT2D eigenvalue weighted by atomic mass is 35.5. The van der Waals surface area contributed by atoms with E-state index in [0.29, 0.717) is 29.6 Å². The molecule has 0 saturated heterocycles. The summed E-state index contributed by atoms with van der Waals surface area (Å²) in [6.45, 7) is 10.4. The smallest absolute Gasteiger partial charge is 0.341 e. The lowest BCUT2D eigenvalue weighted by Crippen LogP contribution is -2.22. The summed E-state index contributed by atoms with van der Waals surface area (Å²) in [5, 5.41) is 1.11. The third-order valence-corrected chi connectivity index (χ3v) is 5.72. The van der Waals surface area contributed by atoms with Crippen LogP contribution in [-0.4, -0.2) is 36.8 Å². The highest BCUT2D eigenvalue weighted by Gasteiger charge is 2.17. The predicted octanol–water partition coefficient (Wildman–Crippen LogP) is 4.57. The van der Waals surface area contributed by atoms with Crippen LogP contribution >= 0.6 is 11.6 Å². The Morgan fingerprint density at radius 2 is 2.08 bits per heavy atom. The average Bonchev–Trinajstić information content (AvgIpc) is 2.93. The zero-order valence-corrected chi connectivity index (χ0v) is 16.5. The second kappa shape index (κ2) is 8.14. The summed E-state index contributed by atoms with van der Waals surface area (Å²) in [5.74, 6) is -0.435. The fourth-order valence-corrected chi connectivity index (χ4v) is 3.20. The van der Waals surface area contributed by atoms with Gasteiger partial charge in [0.1, 0.15) is 12.4 Å². The van der Waals surface area contributed by atoms with Crippen LogP contribution in [0.1, 0.15) is 23.7 Å². The molecule has 24 heavy (non-hydrogen) atoms. The van der Waals surface area contributed by atoms with Crippen molar-refractivity contribution in [2.75, 3.05) is 13.2 Å². The molecule has 0 N–H and O–H groups in total. The van der Waals surface area contributed by atoms with Gasteiger partial charge < -0.3 is 14.0 Å². The number of hydrogen-bond donors (Lipinski definition) is 0. The van der Waals surface area contributed by atoms with E-state index in [1.807, 2.05) is 23.8 Å². The number of aromatic nitrogens is 2. The molecule has 0 aromatic carbocycles. The maximum absolute atomic E-state index is 12.0. The van der Waals surface area contributed by atoms with E-state index in [1.54, 1.807) is 0 Å². The summed E-state index contributed by atoms with van der Waals surface area (Å²) in [5.41, 5.74) is 1.01. The fraction of sp³-hybridized carbons (Fsp3) is 0.529. The van der Waals surface area contributed by atoms with Crippen molar-refractivity contribution in [3.05, 3.63) is 29.0 Å². The van der Waals surface area contributed by atoms with Gasteiger partial charge in [-0.1, -0.05) is 38.2 Å². The van der Waals surface area contributed by atoms with Gasteiger partial charge in [0.25, 0.3) is 0 Å². The number of nitrogens with zero attached hydrogens (tertiary/aromatic N) is 2. The Kier molecular flexibility index (Phi) is 6.43. The number of ether oxygens (including phenoxy) is 2. The van der Waals surface area contributed by atoms with Gasteiger partial charge >= 0.3 is 5.97 Å². The molecule has 0 atom stereocenters. The number of pyridine rings is 1. The van der Waals surface area contributed by atoms with Crippen molar-refractivity contribution < 1.29 is 14.3 Å². The van der Waals surface area contributed by atoms with Gasteiger partial charge in [-0.3, -0.25) is 0 Å². The number of esters is 1. The Labute approximate surface area is 148 Å². The van der Waals surface area contributed by atoms with E-state index in [9.17, 15) is 4.79 Å². The Bertz CT molecular complexity index is 710. The van der Waals surface area contributed by atoms with Crippen LogP contribution < -0.4 is 0 Å². The van der Waals surface area contributed by atoms with Gasteiger partial charge in [-0.05, 0) is 18.5 Å². The molecule has 0 bridgehead atoms. The topological polar surface area (TPSA) is 53.3 Å². The molecule has 2 aromatic heterocycles. The molecule has 5 nitrogen and oxygen atoms in total. The highest BCUT2D eigenvalue weighted by Crippen LogP contribution is 2.27. The van der Waals surface area contributed by atoms with E-state index >= 15 is 0 Å². The Hall–Kier alpha value is -1.37. The van der Waals surface area contributed by atoms with Gasteiger partial charge in [-0.2, -0.15) is 0 Å². The number of halogens is 1. The lowest BCUT2D eigenvalue weighted by Gasteiger charge is -2.15. The van der Waals surface area contributed by atoms with Gasteiger partial charge in [0.2, 0.25) is 0 Å². The normalized spacial score (nSPS) is 11.9. The van der Waals surface area contributed by atoms with Gasteiger partial charge in [-0.15, -0.1) is 0 Å². The van der Waals surface area contributed by atoms with E-state index in [2.05, 4.69) is 24.6 Å². The maximum Gasteiger partial charge on any atom is 0.341 e. The molecule has 0 aliphatic heterocycles. The average molecular weight is 369 g/mol. The van der Waals surface area contributed by atoms with Gasteiger partial charge in [0.05, 0.1) is 17.2 Å². The first-order chi connectivity index (χ1) is 11.3. The molecule has 132 valence electrons. The number of hydrogen-bond acceptors (Lipinski definition) is 4. The predicted molar refractivity (Wildman–Crippen MR) is 99.4 cm³/mol. The summed E-state index contributed by atoms with van der Waals surface area (Å²) in [6.07, 6.45) is 4.12. The van der Waals surface area contributed by atoms with Crippen LogP contribution in [0, 0.1) is 0 Å². The first kappa shape index (κ1) is 19.0. The van der Waals surface area contributed by atoms with Crippen molar-refractivity contribution in [3.63, 3.8) is 0 Å². The minimum absolute atomic E-state index is 0.301. The largest absolute Gasteiger partial charge is 0.462 e. The molecule has 2 aromatic rings. The summed E-state index contributed by atoms with van der Waals surface area (Å²) < 4.78 is 12.8. The zero-order chi connectivity index (χ0) is 17.7. The molecule has 0 saturated carbocycles. The lowest BCUT2D eigenvalue weighted by atomic mass is 10.2. The van der Waals surface area contributed by atoms with Gasteiger partial charge in [0.15, 0.2) is 0 Å². The first-order valence-electron chi connectivity index (χ1n) is 8.21. The second-order valence-corrected chi connectivity index (χ2v) is 13.0. The quantitative estimate of drug-likeness (QED) is 0.389. The van der Waals surface area contributed by atoms with Gasteiger partial charge in [-0.25, -0.2) is 9.78 Å². The maximum atomic E-state index is 12.0. The minimum Gasteiger partial charge on any atom is -0.462 e. The van der Waals surface area contributed by atoms with Gasteiger partial charge in [0, 0.05) is 32.5 Å². The van der Waals surface area contributed by atoms with Crippen molar-refractivity contribution in [1.29, 1.82) is 0 Å². The molecule has 2 rings (SSSR count). The Morgan fingerprint density at radius 3 is 2.75 bits per heavy atom. The van der Waals surface area contributed by atoms with E-state index in [0.717, 1.165) is 24.5 Å². The first-order valence-corrected chi connectivity index (χ1v) is 12.3. The molecule has 0 unspecified atom stereocenters. The van der Waals surface area contributed by atoms with Crippen molar-refractivity contribution in [1.82, 2.24) is 9.55 Å². The van der Waals surface area contributed by atoms with Crippen LogP contribution in [-0.2, 0) is 16.2 Å². The van der Waals surface area contributed by atoms with Crippen molar-refractivity contribution >= 4 is 36.7 Å². The summed E-state index contributed by atoms with van der Waals surface area (Å²) in [7, 11) is -1.10. The summed E-state index contributed by atoms with van der Waals surface area (Å²) in [4.78, 5) is 16.4. The van der Waals surface area contributed by atoms with E-state index < -0.39 is 14.0 Å². The van der Waals surface area contributed by atoms with E-state index in [4.69, 9.17) is 21.1 Å². The number of fused-ring (bicyclic) bond motifs is 1. The molecule has 0 spiro atoms. The molecular formula is C17H25ClN2O3Si. The lowest BCUT2D eigenvalue weighted by molar-refractivity contribution is 0.0505. The molecule has 0 aliphatic carbocycles. The monoisotopic (exact) mass is 368 g/mol. The second-order valence-electron chi connectivity index (χ2n) is 6.99. The number of carbonyl (C=O) groups is 1. The van der Waals surface area contributed by atoms with Crippen molar-refractivity contribution in [3.8, 4) is 0 Å². The van der Waals surface area contributed by atoms with Crippen molar-refractivity contribution in [2.24, 2.45) is 0 Å². The zero-order valence-electron chi connectivity index (χ0n) is 14.8. The highest BCUT2D eigenvalue weighted by molar-refractivity contribution is 6.76. The third kappa shape index (κ3) is 4.81. The number of rotatable bonds is 8. The Morgan fingerprint density at radius 1 is 1.33 bits per heavy atom. The van der Waals surface area contributed by atoms with E-state index in [1.165, 1.54) is 6.20 Å². The van der Waals surface area contributed by atoms with Crippen LogP contribution in [0.5, 0.6) is 0 Å². The molecule has 7 heteroatoms. The fourth-order valence-electron chi connectivity index (χ4n) is 2.17. The van der Waals surface area contributed by atoms with E-state index in [-0.39, 0.29) is 0 Å². The van der Waals surface area contributed by atoms with Crippen LogP contribution in [0.4, 0.5) is 0 Å². The standard InChI is InChI=1S/C17H25ClN2O3Si/c1-5-8-23-17(21)14-11-19-16-13(15(14)18)6-7-20(16)12-22-9-10-24(2,3)4/h6-7,11H,5,8-10,12H2,1-4H3. The van der Waals surface area contributed by atoms with Crippen LogP contribution in [0.3, 0.4) is 0 Å². The minimum atomic E-state index is -1.10. The molecule has 2 heterocycles. The molecule has 0 fully saturated rings. The van der Waals surface area contributed by atoms with Crippen LogP contribution in [0.15, 0.2) is 18.5 Å². The molecule has 0 amide bonds. The number of carbonyl (C=O) groups excluding carboxylic acids is 1. The van der Waals surface area contributed by atoms with Crippen molar-refractivity contribution in [2.45, 2.75) is 45.8 Å². The molecular weight excluding hydrogens is 344 g/mol. The molecule has 0 radical (unpaired) electrons. The Balaban J connectivity index is 2.10.